The van der Waals surface area contributed by atoms with Gasteiger partial charge in [-0.25, -0.2) is 4.79 Å². The maximum absolute atomic E-state index is 13.1. The van der Waals surface area contributed by atoms with Gasteiger partial charge < -0.3 is 41.7 Å². The monoisotopic (exact) mass is 522 g/mol. The van der Waals surface area contributed by atoms with Crippen LogP contribution in [0.3, 0.4) is 0 Å². The van der Waals surface area contributed by atoms with E-state index in [4.69, 9.17) is 15.9 Å². The van der Waals surface area contributed by atoms with Crippen molar-refractivity contribution in [3.63, 3.8) is 0 Å². The molecular weight excluding hydrogens is 492 g/mol. The van der Waals surface area contributed by atoms with E-state index in [9.17, 15) is 39.0 Å². The molecule has 1 saturated heterocycles. The summed E-state index contributed by atoms with van der Waals surface area (Å²) < 4.78 is 0. The highest BCUT2D eigenvalue weighted by atomic mass is 16.4. The van der Waals surface area contributed by atoms with Crippen LogP contribution in [0.4, 0.5) is 0 Å². The second-order valence-electron chi connectivity index (χ2n) is 8.66. The van der Waals surface area contributed by atoms with Crippen molar-refractivity contribution >= 4 is 35.6 Å². The SMILES string of the molecule is NC(CCC(=O)O)C(=O)N1CCCC1C(=O)NC(Cc1ccc(O)cc1)C(=O)NC(CC(=O)O)C(=O)O. The van der Waals surface area contributed by atoms with Gasteiger partial charge in [0, 0.05) is 19.4 Å². The molecule has 1 fully saturated rings. The number of phenols is 1. The maximum Gasteiger partial charge on any atom is 0.326 e. The van der Waals surface area contributed by atoms with Gasteiger partial charge in [0.05, 0.1) is 12.5 Å². The van der Waals surface area contributed by atoms with Gasteiger partial charge in [-0.3, -0.25) is 24.0 Å². The van der Waals surface area contributed by atoms with Crippen LogP contribution in [-0.4, -0.2) is 91.7 Å². The number of phenolic OH excluding ortho intramolecular Hbond substituents is 1. The van der Waals surface area contributed by atoms with Crippen LogP contribution in [0.25, 0.3) is 0 Å². The number of hydrogen-bond donors (Lipinski definition) is 7. The first kappa shape index (κ1) is 29.0. The van der Waals surface area contributed by atoms with Gasteiger partial charge in [0.15, 0.2) is 0 Å². The molecular formula is C23H30N4O10. The lowest BCUT2D eigenvalue weighted by Crippen LogP contribution is -2.57. The number of nitrogens with one attached hydrogen (secondary N) is 2. The molecule has 4 unspecified atom stereocenters. The summed E-state index contributed by atoms with van der Waals surface area (Å²) >= 11 is 0. The third kappa shape index (κ3) is 8.75. The number of nitrogens with two attached hydrogens (primary N) is 1. The van der Waals surface area contributed by atoms with Gasteiger partial charge >= 0.3 is 17.9 Å². The fourth-order valence-corrected chi connectivity index (χ4v) is 3.91. The summed E-state index contributed by atoms with van der Waals surface area (Å²) in [5.41, 5.74) is 6.32. The van der Waals surface area contributed by atoms with Crippen LogP contribution >= 0.6 is 0 Å². The van der Waals surface area contributed by atoms with E-state index in [0.29, 0.717) is 12.0 Å². The number of carbonyl (C=O) groups is 6. The lowest BCUT2D eigenvalue weighted by Gasteiger charge is -2.28. The predicted octanol–water partition coefficient (Wildman–Crippen LogP) is -1.35. The minimum atomic E-state index is -1.75. The average Bonchev–Trinajstić information content (AvgIpc) is 3.32. The molecule has 14 nitrogen and oxygen atoms in total. The summed E-state index contributed by atoms with van der Waals surface area (Å²) in [6.07, 6.45) is -0.744. The minimum Gasteiger partial charge on any atom is -0.508 e. The minimum absolute atomic E-state index is 0.0412. The van der Waals surface area contributed by atoms with Crippen LogP contribution in [-0.2, 0) is 35.2 Å². The predicted molar refractivity (Wildman–Crippen MR) is 125 cm³/mol. The Labute approximate surface area is 211 Å². The van der Waals surface area contributed by atoms with E-state index in [1.807, 2.05) is 0 Å². The van der Waals surface area contributed by atoms with Crippen molar-refractivity contribution in [1.82, 2.24) is 15.5 Å². The number of likely N-dealkylation sites (tertiary alicyclic amines) is 1. The lowest BCUT2D eigenvalue weighted by atomic mass is 10.0. The van der Waals surface area contributed by atoms with E-state index in [2.05, 4.69) is 10.6 Å². The number of hydrogen-bond acceptors (Lipinski definition) is 8. The summed E-state index contributed by atoms with van der Waals surface area (Å²) in [6, 6.07) is 0.466. The van der Waals surface area contributed by atoms with Gasteiger partial charge in [-0.1, -0.05) is 12.1 Å². The van der Waals surface area contributed by atoms with Crippen LogP contribution in [0, 0.1) is 0 Å². The molecule has 202 valence electrons. The average molecular weight is 523 g/mol. The molecule has 1 aromatic carbocycles. The summed E-state index contributed by atoms with van der Waals surface area (Å²) in [5, 5.41) is 41.1. The zero-order valence-corrected chi connectivity index (χ0v) is 19.8. The Morgan fingerprint density at radius 3 is 2.19 bits per heavy atom. The number of carboxylic acids is 3. The highest BCUT2D eigenvalue weighted by Crippen LogP contribution is 2.20. The van der Waals surface area contributed by atoms with Gasteiger partial charge in [0.25, 0.3) is 0 Å². The molecule has 1 aliphatic heterocycles. The molecule has 4 atom stereocenters. The third-order valence-corrected chi connectivity index (χ3v) is 5.83. The standard InChI is InChI=1S/C23H30N4O10/c24-14(7-8-18(29)30)22(35)27-9-1-2-17(27)21(34)25-15(10-12-3-5-13(28)6-4-12)20(33)26-16(23(36)37)11-19(31)32/h3-6,14-17,28H,1-2,7-11,24H2,(H,25,34)(H,26,33)(H,29,30)(H,31,32)(H,36,37). The van der Waals surface area contributed by atoms with Gasteiger partial charge in [0.2, 0.25) is 17.7 Å². The smallest absolute Gasteiger partial charge is 0.326 e. The fraction of sp³-hybridized carbons (Fsp3) is 0.478. The number of aromatic hydroxyl groups is 1. The first-order valence-corrected chi connectivity index (χ1v) is 11.5. The second kappa shape index (κ2) is 13.2. The maximum atomic E-state index is 13.1. The Hall–Kier alpha value is -4.20. The highest BCUT2D eigenvalue weighted by molar-refractivity contribution is 5.95. The third-order valence-electron chi connectivity index (χ3n) is 5.83. The van der Waals surface area contributed by atoms with Crippen molar-refractivity contribution in [2.24, 2.45) is 5.73 Å². The second-order valence-corrected chi connectivity index (χ2v) is 8.66. The van der Waals surface area contributed by atoms with Crippen LogP contribution in [0.5, 0.6) is 5.75 Å². The van der Waals surface area contributed by atoms with Crippen LogP contribution in [0.15, 0.2) is 24.3 Å². The lowest BCUT2D eigenvalue weighted by molar-refractivity contribution is -0.147. The molecule has 0 bridgehead atoms. The molecule has 1 aliphatic rings. The topological polar surface area (TPSA) is 237 Å². The zero-order chi connectivity index (χ0) is 27.7. The van der Waals surface area contributed by atoms with Gasteiger partial charge in [-0.2, -0.15) is 0 Å². The van der Waals surface area contributed by atoms with E-state index in [1.54, 1.807) is 0 Å². The molecule has 3 amide bonds. The molecule has 0 aliphatic carbocycles. The molecule has 2 rings (SSSR count). The normalized spacial score (nSPS) is 17.3. The largest absolute Gasteiger partial charge is 0.508 e. The number of carbonyl (C=O) groups excluding carboxylic acids is 3. The van der Waals surface area contributed by atoms with E-state index in [0.717, 1.165) is 0 Å². The Bertz CT molecular complexity index is 1030. The molecule has 0 spiro atoms. The van der Waals surface area contributed by atoms with E-state index in [1.165, 1.54) is 29.2 Å². The molecule has 14 heteroatoms. The molecule has 1 heterocycles. The molecule has 0 saturated carbocycles. The van der Waals surface area contributed by atoms with Crippen LogP contribution < -0.4 is 16.4 Å². The van der Waals surface area contributed by atoms with Crippen molar-refractivity contribution < 1.29 is 49.2 Å². The van der Waals surface area contributed by atoms with Crippen molar-refractivity contribution in [1.29, 1.82) is 0 Å². The molecule has 1 aromatic rings. The summed E-state index contributed by atoms with van der Waals surface area (Å²) in [7, 11) is 0. The van der Waals surface area contributed by atoms with E-state index in [-0.39, 0.29) is 38.0 Å². The zero-order valence-electron chi connectivity index (χ0n) is 19.8. The van der Waals surface area contributed by atoms with Gasteiger partial charge in [-0.05, 0) is 37.0 Å². The number of amides is 3. The Balaban J connectivity index is 2.20. The van der Waals surface area contributed by atoms with Crippen molar-refractivity contribution in [3.8, 4) is 5.75 Å². The number of aliphatic carboxylic acids is 3. The van der Waals surface area contributed by atoms with Crippen molar-refractivity contribution in [2.45, 2.75) is 62.7 Å². The Kier molecular flexibility index (Phi) is 10.4. The van der Waals surface area contributed by atoms with E-state index < -0.39 is 66.2 Å². The number of nitrogens with zero attached hydrogens (tertiary/aromatic N) is 1. The van der Waals surface area contributed by atoms with Crippen molar-refractivity contribution in [3.05, 3.63) is 29.8 Å². The molecule has 8 N–H and O–H groups in total. The summed E-state index contributed by atoms with van der Waals surface area (Å²) in [4.78, 5) is 73.2. The number of carboxylic acid groups (broad SMARTS) is 3. The van der Waals surface area contributed by atoms with Crippen molar-refractivity contribution in [2.75, 3.05) is 6.54 Å². The fourth-order valence-electron chi connectivity index (χ4n) is 3.91. The first-order valence-electron chi connectivity index (χ1n) is 11.5. The number of benzene rings is 1. The quantitative estimate of drug-likeness (QED) is 0.160. The van der Waals surface area contributed by atoms with Crippen LogP contribution in [0.1, 0.15) is 37.7 Å². The Morgan fingerprint density at radius 1 is 0.973 bits per heavy atom. The highest BCUT2D eigenvalue weighted by Gasteiger charge is 2.38. The number of rotatable bonds is 13. The van der Waals surface area contributed by atoms with Gasteiger partial charge in [-0.15, -0.1) is 0 Å². The van der Waals surface area contributed by atoms with Crippen LogP contribution in [0.2, 0.25) is 0 Å². The van der Waals surface area contributed by atoms with Gasteiger partial charge in [0.1, 0.15) is 23.9 Å². The molecule has 0 aromatic heterocycles. The molecule has 0 radical (unpaired) electrons. The molecule has 37 heavy (non-hydrogen) atoms. The summed E-state index contributed by atoms with van der Waals surface area (Å²) in [5.74, 6) is -6.46. The van der Waals surface area contributed by atoms with E-state index >= 15 is 0 Å². The first-order chi connectivity index (χ1) is 17.4. The summed E-state index contributed by atoms with van der Waals surface area (Å²) in [6.45, 7) is 0.201. The Morgan fingerprint density at radius 2 is 1.62 bits per heavy atom.